The molecule has 7 nitrogen and oxygen atoms in total. The van der Waals surface area contributed by atoms with Crippen LogP contribution in [0.1, 0.15) is 113 Å². The fourth-order valence-electron chi connectivity index (χ4n) is 10.1. The van der Waals surface area contributed by atoms with Gasteiger partial charge in [-0.25, -0.2) is 0 Å². The number of hydrogen-bond acceptors (Lipinski definition) is 7. The monoisotopic (exact) mass is 596 g/mol. The molecule has 1 N–H and O–H groups in total. The van der Waals surface area contributed by atoms with Gasteiger partial charge in [-0.05, 0) is 106 Å². The van der Waals surface area contributed by atoms with Crippen molar-refractivity contribution in [3.63, 3.8) is 0 Å². The first-order valence-electron chi connectivity index (χ1n) is 16.6. The number of carbonyl (C=O) groups is 3. The lowest BCUT2D eigenvalue weighted by Gasteiger charge is -2.59. The van der Waals surface area contributed by atoms with Gasteiger partial charge in [0, 0.05) is 33.3 Å². The Morgan fingerprint density at radius 3 is 2.40 bits per heavy atom. The van der Waals surface area contributed by atoms with Gasteiger partial charge in [-0.15, -0.1) is 0 Å². The molecule has 238 valence electrons. The molecule has 1 aliphatic heterocycles. The number of fused-ring (bicyclic) bond motifs is 5. The topological polar surface area (TPSA) is 99.1 Å². The van der Waals surface area contributed by atoms with Crippen LogP contribution in [-0.2, 0) is 28.6 Å². The van der Waals surface area contributed by atoms with Gasteiger partial charge in [-0.3, -0.25) is 14.4 Å². The number of allylic oxidation sites excluding steroid dienone is 2. The summed E-state index contributed by atoms with van der Waals surface area (Å²) in [4.78, 5) is 37.5. The van der Waals surface area contributed by atoms with Crippen LogP contribution in [0.3, 0.4) is 0 Å². The van der Waals surface area contributed by atoms with E-state index in [2.05, 4.69) is 52.5 Å². The highest BCUT2D eigenvalue weighted by Gasteiger charge is 2.64. The number of ketones is 1. The smallest absolute Gasteiger partial charge is 0.317 e. The summed E-state index contributed by atoms with van der Waals surface area (Å²) in [6.07, 6.45) is 10.4. The van der Waals surface area contributed by atoms with Gasteiger partial charge >= 0.3 is 17.7 Å². The minimum absolute atomic E-state index is 0.0558. The number of aliphatic hydroxyl groups excluding tert-OH is 1. The van der Waals surface area contributed by atoms with E-state index in [1.807, 2.05) is 0 Å². The molecule has 0 amide bonds. The maximum Gasteiger partial charge on any atom is 0.317 e. The quantitative estimate of drug-likeness (QED) is 0.176. The normalized spacial score (nSPS) is 38.2. The summed E-state index contributed by atoms with van der Waals surface area (Å²) >= 11 is 0. The minimum atomic E-state index is -1.86. The number of carbonyl (C=O) groups excluding carboxylic acids is 3. The molecule has 4 fully saturated rings. The SMILES string of the molecule is CC(=O)OC1(OC(C)=O)C[C@@]2(C)C(=CC[C@H]3[C@@H]4CC[C@H]([C@H](C)[C@H](O)C#CC(C)(C)C5CCCCO5)[C@@]4(C)CC[C@@H]32)CC1=O. The van der Waals surface area contributed by atoms with Crippen molar-refractivity contribution in [1.29, 1.82) is 0 Å². The number of Topliss-reactive ketones (excluding diaryl/α,β-unsaturated/α-hetero) is 1. The average Bonchev–Trinajstić information content (AvgIpc) is 3.29. The molecule has 4 aliphatic carbocycles. The Labute approximate surface area is 257 Å². The zero-order valence-corrected chi connectivity index (χ0v) is 27.3. The Bertz CT molecular complexity index is 1200. The number of hydrogen-bond donors (Lipinski definition) is 1. The summed E-state index contributed by atoms with van der Waals surface area (Å²) in [6.45, 7) is 14.3. The minimum Gasteiger partial charge on any atom is -0.415 e. The maximum atomic E-state index is 13.3. The zero-order chi connectivity index (χ0) is 31.4. The van der Waals surface area contributed by atoms with E-state index in [1.54, 1.807) is 0 Å². The van der Waals surface area contributed by atoms with Gasteiger partial charge in [0.05, 0.1) is 11.5 Å². The lowest BCUT2D eigenvalue weighted by atomic mass is 9.46. The lowest BCUT2D eigenvalue weighted by molar-refractivity contribution is -0.238. The molecular formula is C36H52O7. The van der Waals surface area contributed by atoms with E-state index in [9.17, 15) is 19.5 Å². The molecule has 5 aliphatic rings. The second-order valence-corrected chi connectivity index (χ2v) is 15.4. The highest BCUT2D eigenvalue weighted by atomic mass is 16.7. The molecular weight excluding hydrogens is 544 g/mol. The van der Waals surface area contributed by atoms with Crippen LogP contribution >= 0.6 is 0 Å². The molecule has 3 saturated carbocycles. The Morgan fingerprint density at radius 2 is 1.77 bits per heavy atom. The van der Waals surface area contributed by atoms with Gasteiger partial charge < -0.3 is 19.3 Å². The van der Waals surface area contributed by atoms with Gasteiger partial charge in [0.2, 0.25) is 5.78 Å². The van der Waals surface area contributed by atoms with E-state index in [-0.39, 0.29) is 41.5 Å². The molecule has 1 heterocycles. The molecule has 9 atom stereocenters. The van der Waals surface area contributed by atoms with Crippen molar-refractivity contribution in [2.75, 3.05) is 6.61 Å². The first-order chi connectivity index (χ1) is 20.1. The van der Waals surface area contributed by atoms with Crippen molar-refractivity contribution in [3.8, 4) is 11.8 Å². The van der Waals surface area contributed by atoms with E-state index in [0.29, 0.717) is 23.7 Å². The molecule has 0 bridgehead atoms. The van der Waals surface area contributed by atoms with E-state index in [4.69, 9.17) is 14.2 Å². The molecule has 5 rings (SSSR count). The molecule has 0 aromatic carbocycles. The second kappa shape index (κ2) is 11.6. The van der Waals surface area contributed by atoms with E-state index in [0.717, 1.165) is 57.1 Å². The lowest BCUT2D eigenvalue weighted by Crippen LogP contribution is -2.59. The van der Waals surface area contributed by atoms with Crippen LogP contribution in [0, 0.1) is 57.7 Å². The van der Waals surface area contributed by atoms with Crippen molar-refractivity contribution >= 4 is 17.7 Å². The average molecular weight is 597 g/mol. The second-order valence-electron chi connectivity index (χ2n) is 15.4. The van der Waals surface area contributed by atoms with E-state index in [1.165, 1.54) is 20.3 Å². The van der Waals surface area contributed by atoms with Gasteiger partial charge in [0.25, 0.3) is 0 Å². The van der Waals surface area contributed by atoms with Gasteiger partial charge in [0.15, 0.2) is 0 Å². The Morgan fingerprint density at radius 1 is 1.07 bits per heavy atom. The largest absolute Gasteiger partial charge is 0.415 e. The molecule has 7 heteroatoms. The Balaban J connectivity index is 1.35. The first kappa shape index (κ1) is 32.2. The highest BCUT2D eigenvalue weighted by Crippen LogP contribution is 2.68. The number of ether oxygens (including phenoxy) is 3. The van der Waals surface area contributed by atoms with Crippen LogP contribution in [0.15, 0.2) is 11.6 Å². The Kier molecular flexibility index (Phi) is 8.72. The third-order valence-electron chi connectivity index (χ3n) is 12.4. The maximum absolute atomic E-state index is 13.3. The van der Waals surface area contributed by atoms with Crippen LogP contribution in [0.4, 0.5) is 0 Å². The van der Waals surface area contributed by atoms with Crippen molar-refractivity contribution in [2.45, 2.75) is 131 Å². The molecule has 1 unspecified atom stereocenters. The van der Waals surface area contributed by atoms with Crippen LogP contribution in [0.2, 0.25) is 0 Å². The molecule has 0 aromatic heterocycles. The summed E-state index contributed by atoms with van der Waals surface area (Å²) in [7, 11) is 0. The zero-order valence-electron chi connectivity index (χ0n) is 27.3. The predicted octanol–water partition coefficient (Wildman–Crippen LogP) is 6.16. The standard InChI is InChI=1S/C36H52O7/c1-22(30(39)16-17-33(4,5)32-10-8-9-19-41-32)27-13-14-28-26-12-11-25-20-31(40)36(42-23(2)37,43-24(3)38)21-35(25,7)29(26)15-18-34(27,28)6/h11,22,26-30,32,39H,8-10,12-15,18-21H2,1-7H3/t22-,26-,27+,28-,29-,30+,32?,34+,35-/m0/s1. The van der Waals surface area contributed by atoms with Crippen LogP contribution in [0.25, 0.3) is 0 Å². The fourth-order valence-corrected chi connectivity index (χ4v) is 10.1. The number of rotatable bonds is 5. The predicted molar refractivity (Wildman–Crippen MR) is 162 cm³/mol. The van der Waals surface area contributed by atoms with Crippen LogP contribution in [-0.4, -0.2) is 47.4 Å². The summed E-state index contributed by atoms with van der Waals surface area (Å²) in [5.41, 5.74) is 0.470. The highest BCUT2D eigenvalue weighted by molar-refractivity contribution is 5.93. The van der Waals surface area contributed by atoms with Crippen LogP contribution in [0.5, 0.6) is 0 Å². The van der Waals surface area contributed by atoms with Crippen molar-refractivity contribution in [3.05, 3.63) is 11.6 Å². The number of aliphatic hydroxyl groups is 1. The fraction of sp³-hybridized carbons (Fsp3) is 0.806. The molecule has 0 aromatic rings. The van der Waals surface area contributed by atoms with Gasteiger partial charge in [-0.1, -0.05) is 44.3 Å². The first-order valence-corrected chi connectivity index (χ1v) is 16.6. The molecule has 1 saturated heterocycles. The molecule has 0 spiro atoms. The van der Waals surface area contributed by atoms with Gasteiger partial charge in [0.1, 0.15) is 6.10 Å². The Hall–Kier alpha value is -2.17. The van der Waals surface area contributed by atoms with Crippen molar-refractivity contribution in [2.24, 2.45) is 45.8 Å². The molecule has 0 radical (unpaired) electrons. The van der Waals surface area contributed by atoms with E-state index >= 15 is 0 Å². The third kappa shape index (κ3) is 5.72. The van der Waals surface area contributed by atoms with E-state index < -0.39 is 29.2 Å². The van der Waals surface area contributed by atoms with Gasteiger partial charge in [-0.2, -0.15) is 0 Å². The third-order valence-corrected chi connectivity index (χ3v) is 12.4. The summed E-state index contributed by atoms with van der Waals surface area (Å²) in [5.74, 6) is 4.79. The molecule has 43 heavy (non-hydrogen) atoms. The van der Waals surface area contributed by atoms with Crippen molar-refractivity contribution < 1.29 is 33.7 Å². The van der Waals surface area contributed by atoms with Crippen LogP contribution < -0.4 is 0 Å². The summed E-state index contributed by atoms with van der Waals surface area (Å²) < 4.78 is 17.1. The summed E-state index contributed by atoms with van der Waals surface area (Å²) in [6, 6.07) is 0. The van der Waals surface area contributed by atoms with Crippen molar-refractivity contribution in [1.82, 2.24) is 0 Å². The number of esters is 2. The summed E-state index contributed by atoms with van der Waals surface area (Å²) in [5, 5.41) is 11.4.